The molecule has 1 fully saturated rings. The fourth-order valence-electron chi connectivity index (χ4n) is 2.75. The molecule has 1 atom stereocenters. The Hall–Kier alpha value is -2.24. The number of aromatic amines is 1. The topological polar surface area (TPSA) is 49.0 Å². The molecule has 1 amide bonds. The Kier molecular flexibility index (Phi) is 3.68. The van der Waals surface area contributed by atoms with Crippen molar-refractivity contribution in [3.8, 4) is 0 Å². The van der Waals surface area contributed by atoms with Crippen molar-refractivity contribution in [2.75, 3.05) is 13.1 Å². The van der Waals surface area contributed by atoms with Crippen molar-refractivity contribution >= 4 is 5.91 Å². The highest BCUT2D eigenvalue weighted by Gasteiger charge is 2.28. The van der Waals surface area contributed by atoms with Crippen molar-refractivity contribution in [3.05, 3.63) is 53.4 Å². The molecular weight excluding hydrogens is 276 g/mol. The molecule has 2 aromatic rings. The van der Waals surface area contributed by atoms with Gasteiger partial charge in [0, 0.05) is 30.9 Å². The van der Waals surface area contributed by atoms with E-state index in [4.69, 9.17) is 0 Å². The second-order valence-corrected chi connectivity index (χ2v) is 5.20. The third-order valence-corrected chi connectivity index (χ3v) is 3.85. The van der Waals surface area contributed by atoms with Crippen LogP contribution in [-0.2, 0) is 0 Å². The summed E-state index contributed by atoms with van der Waals surface area (Å²) in [5, 5.41) is 6.82. The largest absolute Gasteiger partial charge is 0.338 e. The summed E-state index contributed by atoms with van der Waals surface area (Å²) >= 11 is 0. The minimum absolute atomic E-state index is 0.154. The average Bonchev–Trinajstić information content (AvgIpc) is 3.04. The lowest BCUT2D eigenvalue weighted by molar-refractivity contribution is 0.0700. The normalized spacial score (nSPS) is 18.8. The number of carbonyl (C=O) groups is 1. The van der Waals surface area contributed by atoms with Gasteiger partial charge in [-0.25, -0.2) is 8.78 Å². The third-order valence-electron chi connectivity index (χ3n) is 3.85. The second kappa shape index (κ2) is 5.63. The maximum absolute atomic E-state index is 13.7. The van der Waals surface area contributed by atoms with Crippen LogP contribution in [0.4, 0.5) is 8.78 Å². The first-order chi connectivity index (χ1) is 10.2. The molecule has 0 aliphatic carbocycles. The van der Waals surface area contributed by atoms with Gasteiger partial charge in [0.15, 0.2) is 11.6 Å². The Morgan fingerprint density at radius 1 is 1.33 bits per heavy atom. The van der Waals surface area contributed by atoms with Crippen LogP contribution in [0.2, 0.25) is 0 Å². The molecule has 0 saturated carbocycles. The summed E-state index contributed by atoms with van der Waals surface area (Å²) < 4.78 is 27.0. The number of likely N-dealkylation sites (tertiary alicyclic amines) is 1. The molecule has 6 heteroatoms. The van der Waals surface area contributed by atoms with Crippen LogP contribution >= 0.6 is 0 Å². The Morgan fingerprint density at radius 3 is 2.95 bits per heavy atom. The number of hydrogen-bond donors (Lipinski definition) is 1. The summed E-state index contributed by atoms with van der Waals surface area (Å²) in [6.07, 6.45) is 3.44. The fraction of sp³-hybridized carbons (Fsp3) is 0.333. The third kappa shape index (κ3) is 2.66. The predicted molar refractivity (Wildman–Crippen MR) is 72.8 cm³/mol. The van der Waals surface area contributed by atoms with E-state index < -0.39 is 17.5 Å². The molecule has 4 nitrogen and oxygen atoms in total. The van der Waals surface area contributed by atoms with Crippen molar-refractivity contribution in [3.63, 3.8) is 0 Å². The van der Waals surface area contributed by atoms with Gasteiger partial charge >= 0.3 is 0 Å². The molecule has 0 radical (unpaired) electrons. The zero-order valence-corrected chi connectivity index (χ0v) is 11.4. The molecule has 0 bridgehead atoms. The first kappa shape index (κ1) is 13.7. The summed E-state index contributed by atoms with van der Waals surface area (Å²) in [4.78, 5) is 14.0. The lowest BCUT2D eigenvalue weighted by atomic mass is 9.94. The number of amides is 1. The van der Waals surface area contributed by atoms with E-state index in [-0.39, 0.29) is 11.5 Å². The van der Waals surface area contributed by atoms with Crippen molar-refractivity contribution in [2.24, 2.45) is 0 Å². The summed E-state index contributed by atoms with van der Waals surface area (Å²) in [7, 11) is 0. The molecule has 2 heterocycles. The van der Waals surface area contributed by atoms with Crippen LogP contribution < -0.4 is 0 Å². The maximum Gasteiger partial charge on any atom is 0.256 e. The van der Waals surface area contributed by atoms with Crippen molar-refractivity contribution in [1.29, 1.82) is 0 Å². The number of benzene rings is 1. The number of piperidine rings is 1. The summed E-state index contributed by atoms with van der Waals surface area (Å²) in [5.74, 6) is -2.38. The number of halogens is 2. The molecule has 0 spiro atoms. The standard InChI is InChI=1S/C15H15F2N3O/c16-12-5-1-4-11(14(12)17)15(21)20-8-2-3-10(9-20)13-6-7-18-19-13/h1,4-7,10H,2-3,8-9H2,(H,18,19). The van der Waals surface area contributed by atoms with Gasteiger partial charge in [0.25, 0.3) is 5.91 Å². The van der Waals surface area contributed by atoms with E-state index in [1.807, 2.05) is 6.07 Å². The van der Waals surface area contributed by atoms with E-state index in [1.165, 1.54) is 12.1 Å². The summed E-state index contributed by atoms with van der Waals surface area (Å²) in [6.45, 7) is 1.04. The van der Waals surface area contributed by atoms with Gasteiger partial charge in [-0.05, 0) is 31.0 Å². The summed E-state index contributed by atoms with van der Waals surface area (Å²) in [5.41, 5.74) is 0.757. The smallest absolute Gasteiger partial charge is 0.256 e. The van der Waals surface area contributed by atoms with E-state index in [0.717, 1.165) is 24.6 Å². The number of rotatable bonds is 2. The minimum Gasteiger partial charge on any atom is -0.338 e. The van der Waals surface area contributed by atoms with E-state index in [0.29, 0.717) is 13.1 Å². The predicted octanol–water partition coefficient (Wildman–Crippen LogP) is 2.71. The molecule has 1 aliphatic heterocycles. The first-order valence-corrected chi connectivity index (χ1v) is 6.89. The highest BCUT2D eigenvalue weighted by molar-refractivity contribution is 5.94. The van der Waals surface area contributed by atoms with Gasteiger partial charge in [-0.2, -0.15) is 5.10 Å². The molecule has 21 heavy (non-hydrogen) atoms. The zero-order valence-electron chi connectivity index (χ0n) is 11.4. The first-order valence-electron chi connectivity index (χ1n) is 6.89. The van der Waals surface area contributed by atoms with Gasteiger partial charge in [0.1, 0.15) is 0 Å². The fourth-order valence-corrected chi connectivity index (χ4v) is 2.75. The maximum atomic E-state index is 13.7. The van der Waals surface area contributed by atoms with Crippen LogP contribution in [0.1, 0.15) is 34.8 Å². The number of H-pyrrole nitrogens is 1. The van der Waals surface area contributed by atoms with Crippen LogP contribution in [0, 0.1) is 11.6 Å². The molecule has 1 unspecified atom stereocenters. The van der Waals surface area contributed by atoms with Gasteiger partial charge in [-0.3, -0.25) is 9.89 Å². The van der Waals surface area contributed by atoms with Crippen LogP contribution in [0.25, 0.3) is 0 Å². The second-order valence-electron chi connectivity index (χ2n) is 5.20. The molecule has 1 aromatic carbocycles. The molecule has 110 valence electrons. The monoisotopic (exact) mass is 291 g/mol. The van der Waals surface area contributed by atoms with Gasteiger partial charge in [0.2, 0.25) is 0 Å². The SMILES string of the molecule is O=C(c1cccc(F)c1F)N1CCCC(c2ccn[nH]2)C1. The lowest BCUT2D eigenvalue weighted by Crippen LogP contribution is -2.39. The quantitative estimate of drug-likeness (QED) is 0.925. The Balaban J connectivity index is 1.80. The number of hydrogen-bond acceptors (Lipinski definition) is 2. The molecule has 1 saturated heterocycles. The van der Waals surface area contributed by atoms with Crippen molar-refractivity contribution in [1.82, 2.24) is 15.1 Å². The van der Waals surface area contributed by atoms with Gasteiger partial charge in [-0.15, -0.1) is 0 Å². The van der Waals surface area contributed by atoms with Crippen LogP contribution in [0.15, 0.2) is 30.5 Å². The molecular formula is C15H15F2N3O. The van der Waals surface area contributed by atoms with E-state index in [9.17, 15) is 13.6 Å². The summed E-state index contributed by atoms with van der Waals surface area (Å²) in [6, 6.07) is 5.56. The molecule has 1 N–H and O–H groups in total. The Bertz CT molecular complexity index is 642. The number of nitrogens with one attached hydrogen (secondary N) is 1. The number of aromatic nitrogens is 2. The zero-order chi connectivity index (χ0) is 14.8. The van der Waals surface area contributed by atoms with Gasteiger partial charge < -0.3 is 4.90 Å². The van der Waals surface area contributed by atoms with Crippen molar-refractivity contribution in [2.45, 2.75) is 18.8 Å². The highest BCUT2D eigenvalue weighted by atomic mass is 19.2. The number of nitrogens with zero attached hydrogens (tertiary/aromatic N) is 2. The van der Waals surface area contributed by atoms with Crippen LogP contribution in [0.5, 0.6) is 0 Å². The minimum atomic E-state index is -1.08. The van der Waals surface area contributed by atoms with Gasteiger partial charge in [-0.1, -0.05) is 6.07 Å². The average molecular weight is 291 g/mol. The van der Waals surface area contributed by atoms with Crippen molar-refractivity contribution < 1.29 is 13.6 Å². The Labute approximate surface area is 120 Å². The van der Waals surface area contributed by atoms with E-state index in [2.05, 4.69) is 10.2 Å². The van der Waals surface area contributed by atoms with Gasteiger partial charge in [0.05, 0.1) is 5.56 Å². The molecule has 1 aliphatic rings. The Morgan fingerprint density at radius 2 is 2.19 bits per heavy atom. The van der Waals surface area contributed by atoms with E-state index in [1.54, 1.807) is 11.1 Å². The van der Waals surface area contributed by atoms with E-state index >= 15 is 0 Å². The lowest BCUT2D eigenvalue weighted by Gasteiger charge is -2.32. The highest BCUT2D eigenvalue weighted by Crippen LogP contribution is 2.26. The van der Waals surface area contributed by atoms with Crippen LogP contribution in [0.3, 0.4) is 0 Å². The molecule has 3 rings (SSSR count). The molecule has 1 aromatic heterocycles. The van der Waals surface area contributed by atoms with Crippen LogP contribution in [-0.4, -0.2) is 34.1 Å². The number of carbonyl (C=O) groups excluding carboxylic acids is 1.